The summed E-state index contributed by atoms with van der Waals surface area (Å²) >= 11 is 0. The number of ketones is 1. The summed E-state index contributed by atoms with van der Waals surface area (Å²) in [7, 11) is 0. The molecule has 0 aromatic rings. The molecule has 0 bridgehead atoms. The minimum absolute atomic E-state index is 0.0164. The molecule has 1 saturated carbocycles. The van der Waals surface area contributed by atoms with Crippen molar-refractivity contribution in [3.05, 3.63) is 24.5 Å². The Labute approximate surface area is 154 Å². The van der Waals surface area contributed by atoms with E-state index in [0.29, 0.717) is 18.8 Å². The zero-order valence-electron chi connectivity index (χ0n) is 15.7. The Bertz CT molecular complexity index is 580. The van der Waals surface area contributed by atoms with Gasteiger partial charge in [0.1, 0.15) is 17.8 Å². The topological polar surface area (TPSA) is 99.1 Å². The Morgan fingerprint density at radius 3 is 2.15 bits per heavy atom. The van der Waals surface area contributed by atoms with Crippen LogP contribution in [-0.4, -0.2) is 47.2 Å². The number of carbonyl (C=O) groups is 3. The molecule has 0 spiro atoms. The molecule has 1 rings (SSSR count). The van der Waals surface area contributed by atoms with Gasteiger partial charge in [-0.15, -0.1) is 0 Å². The van der Waals surface area contributed by atoms with Gasteiger partial charge >= 0.3 is 11.9 Å². The van der Waals surface area contributed by atoms with Gasteiger partial charge in [-0.3, -0.25) is 9.59 Å². The molecule has 0 saturated heterocycles. The molecule has 3 unspecified atom stereocenters. The van der Waals surface area contributed by atoms with Crippen LogP contribution in [0.15, 0.2) is 24.5 Å². The number of ether oxygens (including phenoxy) is 3. The minimum Gasteiger partial charge on any atom is -0.499 e. The molecule has 0 aliphatic heterocycles. The Balaban J connectivity index is 2.65. The Morgan fingerprint density at radius 2 is 1.65 bits per heavy atom. The van der Waals surface area contributed by atoms with Gasteiger partial charge in [0.05, 0.1) is 12.4 Å². The van der Waals surface area contributed by atoms with Gasteiger partial charge in [-0.25, -0.2) is 4.79 Å². The molecule has 1 aliphatic rings. The van der Waals surface area contributed by atoms with Crippen LogP contribution in [0.25, 0.3) is 0 Å². The molecule has 0 heterocycles. The first-order valence-corrected chi connectivity index (χ1v) is 8.61. The van der Waals surface area contributed by atoms with Gasteiger partial charge in [-0.05, 0) is 27.2 Å². The fraction of sp³-hybridized carbons (Fsp3) is 0.632. The number of hydrogen-bond acceptors (Lipinski definition) is 7. The van der Waals surface area contributed by atoms with Crippen molar-refractivity contribution >= 4 is 17.7 Å². The predicted octanol–water partition coefficient (Wildman–Crippen LogP) is 2.22. The second kappa shape index (κ2) is 9.52. The third kappa shape index (κ3) is 7.00. The molecule has 1 aliphatic carbocycles. The molecule has 3 atom stereocenters. The number of Topliss-reactive ketones (excluding diaryl/α,β-unsaturated/α-hetero) is 1. The summed E-state index contributed by atoms with van der Waals surface area (Å²) < 4.78 is 15.8. The highest BCUT2D eigenvalue weighted by atomic mass is 16.6. The van der Waals surface area contributed by atoms with Crippen LogP contribution >= 0.6 is 0 Å². The van der Waals surface area contributed by atoms with Crippen LogP contribution in [-0.2, 0) is 28.6 Å². The standard InChI is InChI=1S/C19H28O7/c1-12(2)18(22)26-16-9-15(10-19(23,11-16)14(5)20)25-17(21)7-6-8-24-13(3)4/h15-16,23H,1,3,6-11H2,2,4-5H3. The van der Waals surface area contributed by atoms with E-state index in [-0.39, 0.29) is 31.3 Å². The van der Waals surface area contributed by atoms with Crippen molar-refractivity contribution in [2.75, 3.05) is 6.61 Å². The van der Waals surface area contributed by atoms with E-state index < -0.39 is 35.5 Å². The summed E-state index contributed by atoms with van der Waals surface area (Å²) in [6, 6.07) is 0. The zero-order chi connectivity index (χ0) is 19.9. The number of esters is 2. The van der Waals surface area contributed by atoms with Crippen molar-refractivity contribution in [3.8, 4) is 0 Å². The fourth-order valence-electron chi connectivity index (χ4n) is 2.72. The summed E-state index contributed by atoms with van der Waals surface area (Å²) in [4.78, 5) is 35.5. The molecule has 7 nitrogen and oxygen atoms in total. The summed E-state index contributed by atoms with van der Waals surface area (Å²) in [6.07, 6.45) is -0.661. The van der Waals surface area contributed by atoms with Crippen LogP contribution in [0.5, 0.6) is 0 Å². The molecule has 0 aromatic carbocycles. The highest BCUT2D eigenvalue weighted by Crippen LogP contribution is 2.33. The average Bonchev–Trinajstić information content (AvgIpc) is 2.50. The molecular weight excluding hydrogens is 340 g/mol. The van der Waals surface area contributed by atoms with Gasteiger partial charge in [0.2, 0.25) is 0 Å². The van der Waals surface area contributed by atoms with E-state index in [0.717, 1.165) is 0 Å². The van der Waals surface area contributed by atoms with Crippen LogP contribution in [0, 0.1) is 0 Å². The van der Waals surface area contributed by atoms with Crippen molar-refractivity contribution in [1.82, 2.24) is 0 Å². The number of allylic oxidation sites excluding steroid dienone is 1. The molecule has 0 radical (unpaired) electrons. The Kier molecular flexibility index (Phi) is 8.02. The molecular formula is C19H28O7. The minimum atomic E-state index is -1.69. The van der Waals surface area contributed by atoms with Gasteiger partial charge in [0.25, 0.3) is 0 Å². The van der Waals surface area contributed by atoms with Crippen LogP contribution in [0.4, 0.5) is 0 Å². The van der Waals surface area contributed by atoms with E-state index in [4.69, 9.17) is 14.2 Å². The fourth-order valence-corrected chi connectivity index (χ4v) is 2.72. The second-order valence-electron chi connectivity index (χ2n) is 6.81. The molecule has 0 aromatic heterocycles. The van der Waals surface area contributed by atoms with Crippen LogP contribution in [0.1, 0.15) is 52.9 Å². The van der Waals surface area contributed by atoms with Crippen LogP contribution in [0.3, 0.4) is 0 Å². The van der Waals surface area contributed by atoms with Gasteiger partial charge in [-0.1, -0.05) is 13.2 Å². The quantitative estimate of drug-likeness (QED) is 0.288. The number of aliphatic hydroxyl groups is 1. The maximum Gasteiger partial charge on any atom is 0.333 e. The Morgan fingerprint density at radius 1 is 1.08 bits per heavy atom. The van der Waals surface area contributed by atoms with Crippen molar-refractivity contribution in [2.24, 2.45) is 0 Å². The van der Waals surface area contributed by atoms with Gasteiger partial charge in [0.15, 0.2) is 5.78 Å². The lowest BCUT2D eigenvalue weighted by Crippen LogP contribution is -2.50. The molecule has 26 heavy (non-hydrogen) atoms. The monoisotopic (exact) mass is 368 g/mol. The normalized spacial score (nSPS) is 25.1. The average molecular weight is 368 g/mol. The number of rotatable bonds is 9. The van der Waals surface area contributed by atoms with Crippen LogP contribution in [0.2, 0.25) is 0 Å². The van der Waals surface area contributed by atoms with E-state index in [2.05, 4.69) is 13.2 Å². The molecule has 0 amide bonds. The summed E-state index contributed by atoms with van der Waals surface area (Å²) in [6.45, 7) is 11.9. The third-order valence-corrected chi connectivity index (χ3v) is 4.11. The van der Waals surface area contributed by atoms with E-state index >= 15 is 0 Å². The second-order valence-corrected chi connectivity index (χ2v) is 6.81. The number of carbonyl (C=O) groups excluding carboxylic acids is 3. The molecule has 146 valence electrons. The van der Waals surface area contributed by atoms with E-state index in [1.165, 1.54) is 13.8 Å². The van der Waals surface area contributed by atoms with Crippen molar-refractivity contribution in [3.63, 3.8) is 0 Å². The summed E-state index contributed by atoms with van der Waals surface area (Å²) in [5.74, 6) is -0.952. The third-order valence-electron chi connectivity index (χ3n) is 4.11. The maximum absolute atomic E-state index is 12.0. The van der Waals surface area contributed by atoms with Gasteiger partial charge < -0.3 is 19.3 Å². The number of hydrogen-bond donors (Lipinski definition) is 1. The SMILES string of the molecule is C=C(C)OCCCC(=O)OC1CC(OC(=O)C(=C)C)CC(O)(C(C)=O)C1. The first-order chi connectivity index (χ1) is 12.0. The molecule has 7 heteroatoms. The zero-order valence-corrected chi connectivity index (χ0v) is 15.7. The lowest BCUT2D eigenvalue weighted by atomic mass is 9.79. The van der Waals surface area contributed by atoms with Gasteiger partial charge in [-0.2, -0.15) is 0 Å². The highest BCUT2D eigenvalue weighted by molar-refractivity contribution is 5.87. The van der Waals surface area contributed by atoms with Crippen molar-refractivity contribution in [1.29, 1.82) is 0 Å². The largest absolute Gasteiger partial charge is 0.499 e. The highest BCUT2D eigenvalue weighted by Gasteiger charge is 2.45. The predicted molar refractivity (Wildman–Crippen MR) is 94.1 cm³/mol. The Hall–Kier alpha value is -2.15. The summed E-state index contributed by atoms with van der Waals surface area (Å²) in [5, 5.41) is 10.5. The van der Waals surface area contributed by atoms with E-state index in [9.17, 15) is 19.5 Å². The lowest BCUT2D eigenvalue weighted by molar-refractivity contribution is -0.174. The van der Waals surface area contributed by atoms with Crippen LogP contribution < -0.4 is 0 Å². The molecule has 1 N–H and O–H groups in total. The lowest BCUT2D eigenvalue weighted by Gasteiger charge is -2.38. The van der Waals surface area contributed by atoms with E-state index in [1.807, 2.05) is 0 Å². The first kappa shape index (κ1) is 21.9. The molecule has 1 fully saturated rings. The van der Waals surface area contributed by atoms with Gasteiger partial charge in [0, 0.05) is 31.3 Å². The van der Waals surface area contributed by atoms with Crippen molar-refractivity contribution in [2.45, 2.75) is 70.7 Å². The maximum atomic E-state index is 12.0. The first-order valence-electron chi connectivity index (χ1n) is 8.61. The van der Waals surface area contributed by atoms with E-state index in [1.54, 1.807) is 6.92 Å². The summed E-state index contributed by atoms with van der Waals surface area (Å²) in [5.41, 5.74) is -1.47. The van der Waals surface area contributed by atoms with Crippen molar-refractivity contribution < 1.29 is 33.7 Å². The smallest absolute Gasteiger partial charge is 0.333 e.